The first-order valence-electron chi connectivity index (χ1n) is 7.41. The zero-order valence-corrected chi connectivity index (χ0v) is 13.6. The summed E-state index contributed by atoms with van der Waals surface area (Å²) in [6, 6.07) is 13.5. The molecule has 0 spiro atoms. The molecule has 0 atom stereocenters. The van der Waals surface area contributed by atoms with E-state index in [1.807, 2.05) is 29.6 Å². The van der Waals surface area contributed by atoms with Crippen LogP contribution in [-0.4, -0.2) is 10.9 Å². The fourth-order valence-corrected chi connectivity index (χ4v) is 3.00. The van der Waals surface area contributed by atoms with Crippen molar-refractivity contribution < 1.29 is 9.18 Å². The molecule has 3 aromatic rings. The molecule has 0 saturated carbocycles. The summed E-state index contributed by atoms with van der Waals surface area (Å²) in [5.74, 6) is -0.406. The Hall–Kier alpha value is -2.73. The normalized spacial score (nSPS) is 10.5. The maximum Gasteiger partial charge on any atom is 0.226 e. The fourth-order valence-electron chi connectivity index (χ4n) is 2.18. The Kier molecular flexibility index (Phi) is 4.86. The second-order valence-electron chi connectivity index (χ2n) is 5.35. The van der Waals surface area contributed by atoms with E-state index in [4.69, 9.17) is 5.73 Å². The van der Waals surface area contributed by atoms with Crippen molar-refractivity contribution in [2.45, 2.75) is 13.0 Å². The van der Waals surface area contributed by atoms with Gasteiger partial charge >= 0.3 is 0 Å². The van der Waals surface area contributed by atoms with Crippen molar-refractivity contribution in [2.24, 2.45) is 0 Å². The van der Waals surface area contributed by atoms with Gasteiger partial charge in [0.25, 0.3) is 0 Å². The molecule has 3 N–H and O–H groups in total. The lowest BCUT2D eigenvalue weighted by atomic mass is 10.2. The maximum atomic E-state index is 12.8. The quantitative estimate of drug-likeness (QED) is 0.699. The minimum atomic E-state index is -0.289. The van der Waals surface area contributed by atoms with E-state index in [-0.39, 0.29) is 18.1 Å². The number of hydrogen-bond acceptors (Lipinski definition) is 4. The number of carbonyl (C=O) groups excluding carboxylic acids is 1. The minimum absolute atomic E-state index is 0.117. The number of aromatic nitrogens is 1. The lowest BCUT2D eigenvalue weighted by molar-refractivity contribution is -0.120. The van der Waals surface area contributed by atoms with Crippen LogP contribution in [0, 0.1) is 5.82 Å². The number of nitrogen functional groups attached to an aromatic ring is 1. The van der Waals surface area contributed by atoms with Crippen LogP contribution in [-0.2, 0) is 17.8 Å². The second-order valence-corrected chi connectivity index (χ2v) is 6.20. The van der Waals surface area contributed by atoms with Gasteiger partial charge in [-0.25, -0.2) is 9.37 Å². The van der Waals surface area contributed by atoms with Crippen LogP contribution in [0.5, 0.6) is 0 Å². The number of nitrogens with two attached hydrogens (primary N) is 1. The van der Waals surface area contributed by atoms with Gasteiger partial charge in [0.2, 0.25) is 5.91 Å². The third kappa shape index (κ3) is 4.17. The number of anilines is 1. The standard InChI is InChI=1S/C18H16FN3OS/c19-14-5-1-12(2-6-14)10-21-17(23)9-16-11-24-18(22-16)13-3-7-15(20)8-4-13/h1-8,11H,9-10,20H2,(H,21,23). The van der Waals surface area contributed by atoms with Crippen LogP contribution >= 0.6 is 11.3 Å². The third-order valence-corrected chi connectivity index (χ3v) is 4.39. The van der Waals surface area contributed by atoms with Gasteiger partial charge in [-0.1, -0.05) is 12.1 Å². The van der Waals surface area contributed by atoms with E-state index in [1.165, 1.54) is 23.5 Å². The molecular weight excluding hydrogens is 325 g/mol. The van der Waals surface area contributed by atoms with E-state index in [0.29, 0.717) is 12.2 Å². The number of amides is 1. The molecule has 0 aliphatic rings. The van der Waals surface area contributed by atoms with E-state index in [1.54, 1.807) is 12.1 Å². The van der Waals surface area contributed by atoms with Crippen molar-refractivity contribution in [3.63, 3.8) is 0 Å². The average Bonchev–Trinajstić information content (AvgIpc) is 3.03. The van der Waals surface area contributed by atoms with Crippen LogP contribution < -0.4 is 11.1 Å². The molecule has 1 aromatic heterocycles. The number of nitrogens with one attached hydrogen (secondary N) is 1. The summed E-state index contributed by atoms with van der Waals surface area (Å²) in [7, 11) is 0. The molecule has 4 nitrogen and oxygen atoms in total. The number of nitrogens with zero attached hydrogens (tertiary/aromatic N) is 1. The first kappa shape index (κ1) is 16.1. The Morgan fingerprint density at radius 1 is 1.12 bits per heavy atom. The molecule has 1 amide bonds. The number of rotatable bonds is 5. The van der Waals surface area contributed by atoms with Crippen LogP contribution in [0.2, 0.25) is 0 Å². The molecule has 3 rings (SSSR count). The first-order valence-corrected chi connectivity index (χ1v) is 8.29. The van der Waals surface area contributed by atoms with Crippen molar-refractivity contribution in [1.82, 2.24) is 10.3 Å². The summed E-state index contributed by atoms with van der Waals surface area (Å²) < 4.78 is 12.8. The predicted molar refractivity (Wildman–Crippen MR) is 93.9 cm³/mol. The van der Waals surface area contributed by atoms with Crippen molar-refractivity contribution in [2.75, 3.05) is 5.73 Å². The number of thiazole rings is 1. The molecule has 6 heteroatoms. The molecule has 1 heterocycles. The lowest BCUT2D eigenvalue weighted by Gasteiger charge is -2.04. The van der Waals surface area contributed by atoms with Gasteiger partial charge in [0, 0.05) is 23.2 Å². The van der Waals surface area contributed by atoms with Crippen molar-refractivity contribution >= 4 is 22.9 Å². The molecule has 0 fully saturated rings. The molecule has 0 saturated heterocycles. The van der Waals surface area contributed by atoms with Gasteiger partial charge in [0.05, 0.1) is 12.1 Å². The van der Waals surface area contributed by atoms with E-state index in [0.717, 1.165) is 21.8 Å². The summed E-state index contributed by atoms with van der Waals surface area (Å²) in [6.07, 6.45) is 0.215. The monoisotopic (exact) mass is 341 g/mol. The average molecular weight is 341 g/mol. The minimum Gasteiger partial charge on any atom is -0.399 e. The molecule has 0 aliphatic carbocycles. The highest BCUT2D eigenvalue weighted by Crippen LogP contribution is 2.24. The molecule has 24 heavy (non-hydrogen) atoms. The number of carbonyl (C=O) groups is 1. The van der Waals surface area contributed by atoms with Gasteiger partial charge in [-0.2, -0.15) is 0 Å². The van der Waals surface area contributed by atoms with Crippen LogP contribution in [0.1, 0.15) is 11.3 Å². The molecule has 2 aromatic carbocycles. The van der Waals surface area contributed by atoms with Crippen LogP contribution in [0.3, 0.4) is 0 Å². The van der Waals surface area contributed by atoms with Crippen LogP contribution in [0.15, 0.2) is 53.9 Å². The zero-order valence-electron chi connectivity index (χ0n) is 12.8. The SMILES string of the molecule is Nc1ccc(-c2nc(CC(=O)NCc3ccc(F)cc3)cs2)cc1. The van der Waals surface area contributed by atoms with Crippen molar-refractivity contribution in [3.8, 4) is 10.6 Å². The van der Waals surface area contributed by atoms with Gasteiger partial charge in [0.1, 0.15) is 10.8 Å². The van der Waals surface area contributed by atoms with E-state index in [9.17, 15) is 9.18 Å². The summed E-state index contributed by atoms with van der Waals surface area (Å²) in [5, 5.41) is 5.55. The van der Waals surface area contributed by atoms with E-state index in [2.05, 4.69) is 10.3 Å². The predicted octanol–water partition coefficient (Wildman–Crippen LogP) is 3.39. The van der Waals surface area contributed by atoms with Crippen LogP contribution in [0.25, 0.3) is 10.6 Å². The fraction of sp³-hybridized carbons (Fsp3) is 0.111. The first-order chi connectivity index (χ1) is 11.6. The number of halogens is 1. The topological polar surface area (TPSA) is 68.0 Å². The highest BCUT2D eigenvalue weighted by Gasteiger charge is 2.09. The maximum absolute atomic E-state index is 12.8. The summed E-state index contributed by atoms with van der Waals surface area (Å²) in [6.45, 7) is 0.369. The molecule has 0 unspecified atom stereocenters. The van der Waals surface area contributed by atoms with Gasteiger partial charge in [-0.3, -0.25) is 4.79 Å². The highest BCUT2D eigenvalue weighted by atomic mass is 32.1. The smallest absolute Gasteiger partial charge is 0.226 e. The van der Waals surface area contributed by atoms with Gasteiger partial charge in [-0.05, 0) is 42.0 Å². The van der Waals surface area contributed by atoms with Gasteiger partial charge in [0.15, 0.2) is 0 Å². The summed E-state index contributed by atoms with van der Waals surface area (Å²) in [4.78, 5) is 16.5. The number of benzene rings is 2. The Morgan fingerprint density at radius 2 is 1.83 bits per heavy atom. The van der Waals surface area contributed by atoms with Gasteiger partial charge < -0.3 is 11.1 Å². The highest BCUT2D eigenvalue weighted by molar-refractivity contribution is 7.13. The van der Waals surface area contributed by atoms with E-state index >= 15 is 0 Å². The molecule has 0 bridgehead atoms. The van der Waals surface area contributed by atoms with Crippen LogP contribution in [0.4, 0.5) is 10.1 Å². The molecular formula is C18H16FN3OS. The Bertz CT molecular complexity index is 828. The Balaban J connectivity index is 1.57. The van der Waals surface area contributed by atoms with Gasteiger partial charge in [-0.15, -0.1) is 11.3 Å². The second kappa shape index (κ2) is 7.23. The van der Waals surface area contributed by atoms with Crippen molar-refractivity contribution in [3.05, 3.63) is 71.0 Å². The largest absolute Gasteiger partial charge is 0.399 e. The summed E-state index contributed by atoms with van der Waals surface area (Å²) in [5.41, 5.74) is 8.94. The van der Waals surface area contributed by atoms with E-state index < -0.39 is 0 Å². The molecule has 0 aliphatic heterocycles. The molecule has 0 radical (unpaired) electrons. The third-order valence-electron chi connectivity index (χ3n) is 3.45. The number of hydrogen-bond donors (Lipinski definition) is 2. The Morgan fingerprint density at radius 3 is 2.54 bits per heavy atom. The summed E-state index contributed by atoms with van der Waals surface area (Å²) >= 11 is 1.49. The lowest BCUT2D eigenvalue weighted by Crippen LogP contribution is -2.24. The molecule has 122 valence electrons. The van der Waals surface area contributed by atoms with Crippen molar-refractivity contribution in [1.29, 1.82) is 0 Å². The Labute approximate surface area is 143 Å². The zero-order chi connectivity index (χ0) is 16.9.